The number of aromatic nitrogens is 4. The number of anilines is 1. The summed E-state index contributed by atoms with van der Waals surface area (Å²) in [7, 11) is -2.02. The van der Waals surface area contributed by atoms with Crippen molar-refractivity contribution in [1.29, 1.82) is 0 Å². The van der Waals surface area contributed by atoms with Crippen LogP contribution in [0.1, 0.15) is 42.9 Å². The second-order valence-electron chi connectivity index (χ2n) is 8.88. The third kappa shape index (κ3) is 4.72. The van der Waals surface area contributed by atoms with Gasteiger partial charge in [-0.15, -0.1) is 0 Å². The molecule has 0 saturated carbocycles. The zero-order valence-electron chi connectivity index (χ0n) is 19.3. The van der Waals surface area contributed by atoms with E-state index in [-0.39, 0.29) is 36.8 Å². The van der Waals surface area contributed by atoms with Crippen molar-refractivity contribution in [3.63, 3.8) is 0 Å². The summed E-state index contributed by atoms with van der Waals surface area (Å²) in [6, 6.07) is 5.83. The fraction of sp³-hybridized carbons (Fsp3) is 0.348. The van der Waals surface area contributed by atoms with Crippen molar-refractivity contribution >= 4 is 34.8 Å². The predicted octanol–water partition coefficient (Wildman–Crippen LogP) is 2.33. The SMILES string of the molecule is Bc1cnn2c(NCc3cccnc3)cc(C3CCN(S(=O)(=O)C4=C(F)C=C(F)CC4)CC3)nc12. The number of hydrogen-bond acceptors (Lipinski definition) is 6. The van der Waals surface area contributed by atoms with E-state index >= 15 is 0 Å². The highest BCUT2D eigenvalue weighted by atomic mass is 32.2. The van der Waals surface area contributed by atoms with Crippen LogP contribution in [0.25, 0.3) is 5.65 Å². The molecule has 0 bridgehead atoms. The second-order valence-corrected chi connectivity index (χ2v) is 10.8. The molecule has 1 N–H and O–H groups in total. The second kappa shape index (κ2) is 9.50. The molecule has 3 aromatic heterocycles. The first-order valence-corrected chi connectivity index (χ1v) is 13.0. The van der Waals surface area contributed by atoms with Crippen LogP contribution < -0.4 is 10.8 Å². The Kier molecular flexibility index (Phi) is 6.41. The van der Waals surface area contributed by atoms with E-state index in [9.17, 15) is 17.2 Å². The highest BCUT2D eigenvalue weighted by Gasteiger charge is 2.35. The maximum absolute atomic E-state index is 14.2. The van der Waals surface area contributed by atoms with Crippen molar-refractivity contribution in [2.24, 2.45) is 0 Å². The van der Waals surface area contributed by atoms with Gasteiger partial charge in [-0.3, -0.25) is 4.98 Å². The fourth-order valence-electron chi connectivity index (χ4n) is 4.56. The van der Waals surface area contributed by atoms with Crippen LogP contribution in [-0.2, 0) is 16.6 Å². The number of hydrogen-bond donors (Lipinski definition) is 1. The summed E-state index contributed by atoms with van der Waals surface area (Å²) < 4.78 is 56.6. The molecule has 2 aliphatic rings. The van der Waals surface area contributed by atoms with Crippen LogP contribution in [0.15, 0.2) is 59.4 Å². The third-order valence-corrected chi connectivity index (χ3v) is 8.60. The molecule has 4 heterocycles. The Morgan fingerprint density at radius 2 is 1.97 bits per heavy atom. The molecule has 0 atom stereocenters. The largest absolute Gasteiger partial charge is 0.366 e. The summed E-state index contributed by atoms with van der Waals surface area (Å²) in [6.45, 7) is 1.07. The van der Waals surface area contributed by atoms with Gasteiger partial charge in [0.15, 0.2) is 5.65 Å². The van der Waals surface area contributed by atoms with E-state index in [2.05, 4.69) is 15.4 Å². The van der Waals surface area contributed by atoms with E-state index in [0.717, 1.165) is 28.2 Å². The topological polar surface area (TPSA) is 92.5 Å². The molecule has 0 spiro atoms. The highest BCUT2D eigenvalue weighted by Crippen LogP contribution is 2.35. The summed E-state index contributed by atoms with van der Waals surface area (Å²) in [5.74, 6) is -0.796. The quantitative estimate of drug-likeness (QED) is 0.525. The summed E-state index contributed by atoms with van der Waals surface area (Å²) in [5.41, 5.74) is 3.58. The first-order chi connectivity index (χ1) is 16.8. The lowest BCUT2D eigenvalue weighted by molar-refractivity contribution is 0.318. The molecule has 0 radical (unpaired) electrons. The van der Waals surface area contributed by atoms with E-state index < -0.39 is 21.7 Å². The van der Waals surface area contributed by atoms with E-state index in [1.165, 1.54) is 4.31 Å². The zero-order valence-corrected chi connectivity index (χ0v) is 20.1. The average molecular weight is 498 g/mol. The summed E-state index contributed by atoms with van der Waals surface area (Å²) >= 11 is 0. The van der Waals surface area contributed by atoms with Crippen LogP contribution in [0, 0.1) is 0 Å². The van der Waals surface area contributed by atoms with Gasteiger partial charge in [0.2, 0.25) is 10.0 Å². The van der Waals surface area contributed by atoms with Gasteiger partial charge in [-0.25, -0.2) is 22.2 Å². The molecule has 12 heteroatoms. The Morgan fingerprint density at radius 1 is 1.17 bits per heavy atom. The molecule has 1 aliphatic carbocycles. The van der Waals surface area contributed by atoms with Crippen molar-refractivity contribution in [2.75, 3.05) is 18.4 Å². The Bertz CT molecular complexity index is 1420. The molecule has 0 unspecified atom stereocenters. The maximum atomic E-state index is 14.2. The lowest BCUT2D eigenvalue weighted by Gasteiger charge is -2.32. The van der Waals surface area contributed by atoms with Gasteiger partial charge in [-0.05, 0) is 36.4 Å². The molecule has 1 saturated heterocycles. The van der Waals surface area contributed by atoms with Gasteiger partial charge in [-0.1, -0.05) is 6.07 Å². The molecule has 5 rings (SSSR count). The van der Waals surface area contributed by atoms with Gasteiger partial charge in [0.1, 0.15) is 25.3 Å². The minimum Gasteiger partial charge on any atom is -0.366 e. The van der Waals surface area contributed by atoms with Crippen molar-refractivity contribution in [3.05, 3.63) is 70.7 Å². The lowest BCUT2D eigenvalue weighted by Crippen LogP contribution is -2.39. The van der Waals surface area contributed by atoms with Gasteiger partial charge < -0.3 is 5.32 Å². The van der Waals surface area contributed by atoms with Gasteiger partial charge in [0, 0.05) is 68.4 Å². The van der Waals surface area contributed by atoms with Gasteiger partial charge >= 0.3 is 0 Å². The number of nitrogens with one attached hydrogen (secondary N) is 1. The number of nitrogens with zero attached hydrogens (tertiary/aromatic N) is 5. The van der Waals surface area contributed by atoms with Crippen LogP contribution in [0.4, 0.5) is 14.6 Å². The zero-order chi connectivity index (χ0) is 24.6. The van der Waals surface area contributed by atoms with E-state index in [4.69, 9.17) is 4.98 Å². The number of rotatable bonds is 6. The minimum atomic E-state index is -3.97. The predicted molar refractivity (Wildman–Crippen MR) is 132 cm³/mol. The van der Waals surface area contributed by atoms with Crippen molar-refractivity contribution in [2.45, 2.75) is 38.1 Å². The normalized spacial score (nSPS) is 18.2. The maximum Gasteiger partial charge on any atom is 0.242 e. The fourth-order valence-corrected chi connectivity index (χ4v) is 6.23. The Hall–Kier alpha value is -3.12. The molecule has 1 aliphatic heterocycles. The van der Waals surface area contributed by atoms with Crippen LogP contribution in [0.2, 0.25) is 0 Å². The molecule has 35 heavy (non-hydrogen) atoms. The molecule has 0 amide bonds. The number of sulfonamides is 1. The molecule has 3 aromatic rings. The number of piperidine rings is 1. The Balaban J connectivity index is 1.35. The summed E-state index contributed by atoms with van der Waals surface area (Å²) in [4.78, 5) is 8.65. The van der Waals surface area contributed by atoms with Crippen molar-refractivity contribution in [1.82, 2.24) is 23.9 Å². The van der Waals surface area contributed by atoms with Gasteiger partial charge in [0.05, 0.1) is 4.91 Å². The first kappa shape index (κ1) is 23.6. The number of halogens is 2. The number of allylic oxidation sites excluding steroid dienone is 4. The standard InChI is InChI=1S/C23H25BF2N6O2S/c24-18-14-29-32-22(28-13-15-2-1-7-27-12-15)11-20(30-23(18)32)16-5-8-31(9-6-16)35(33,34)21-4-3-17(25)10-19(21)26/h1-2,7,10-12,14,16,28H,3-6,8-9,13,24H2. The minimum absolute atomic E-state index is 0.0437. The van der Waals surface area contributed by atoms with E-state index in [1.807, 2.05) is 26.0 Å². The summed E-state index contributed by atoms with van der Waals surface area (Å²) in [5, 5.41) is 7.85. The van der Waals surface area contributed by atoms with Crippen LogP contribution in [-0.4, -0.2) is 53.2 Å². The molecule has 182 valence electrons. The van der Waals surface area contributed by atoms with Crippen LogP contribution >= 0.6 is 0 Å². The van der Waals surface area contributed by atoms with E-state index in [1.54, 1.807) is 23.1 Å². The van der Waals surface area contributed by atoms with Crippen molar-refractivity contribution < 1.29 is 17.2 Å². The molecule has 1 fully saturated rings. The van der Waals surface area contributed by atoms with Gasteiger partial charge in [0.25, 0.3) is 0 Å². The summed E-state index contributed by atoms with van der Waals surface area (Å²) in [6.07, 6.45) is 6.82. The van der Waals surface area contributed by atoms with Crippen LogP contribution in [0.3, 0.4) is 0 Å². The highest BCUT2D eigenvalue weighted by molar-refractivity contribution is 7.93. The third-order valence-electron chi connectivity index (χ3n) is 6.53. The smallest absolute Gasteiger partial charge is 0.242 e. The number of fused-ring (bicyclic) bond motifs is 1. The van der Waals surface area contributed by atoms with Crippen LogP contribution in [0.5, 0.6) is 0 Å². The van der Waals surface area contributed by atoms with Crippen molar-refractivity contribution in [3.8, 4) is 0 Å². The Labute approximate surface area is 203 Å². The van der Waals surface area contributed by atoms with E-state index in [0.29, 0.717) is 25.5 Å². The molecule has 8 nitrogen and oxygen atoms in total. The molecular weight excluding hydrogens is 473 g/mol. The number of pyridine rings is 1. The first-order valence-electron chi connectivity index (χ1n) is 11.6. The Morgan fingerprint density at radius 3 is 2.69 bits per heavy atom. The monoisotopic (exact) mass is 498 g/mol. The molecular formula is C23H25BF2N6O2S. The lowest BCUT2D eigenvalue weighted by atomic mass is 9.94. The molecule has 0 aromatic carbocycles. The van der Waals surface area contributed by atoms with Gasteiger partial charge in [-0.2, -0.15) is 13.9 Å². The average Bonchev–Trinajstić information content (AvgIpc) is 3.24.